The van der Waals surface area contributed by atoms with Gasteiger partial charge >= 0.3 is 0 Å². The van der Waals surface area contributed by atoms with Crippen molar-refractivity contribution in [3.05, 3.63) is 35.4 Å². The molecule has 1 aromatic rings. The van der Waals surface area contributed by atoms with Gasteiger partial charge in [-0.15, -0.1) is 0 Å². The average Bonchev–Trinajstić information content (AvgIpc) is 2.38. The molecule has 1 unspecified atom stereocenters. The fourth-order valence-corrected chi connectivity index (χ4v) is 2.70. The van der Waals surface area contributed by atoms with E-state index >= 15 is 0 Å². The predicted octanol–water partition coefficient (Wildman–Crippen LogP) is 2.63. The topological polar surface area (TPSA) is 23.5 Å². The van der Waals surface area contributed by atoms with Crippen molar-refractivity contribution >= 4 is 0 Å². The van der Waals surface area contributed by atoms with Crippen molar-refractivity contribution in [2.24, 2.45) is 5.92 Å². The summed E-state index contributed by atoms with van der Waals surface area (Å²) in [7, 11) is 0. The first-order valence-electron chi connectivity index (χ1n) is 7.11. The second-order valence-corrected chi connectivity index (χ2v) is 5.66. The number of hydrogen-bond acceptors (Lipinski definition) is 2. The lowest BCUT2D eigenvalue weighted by Crippen LogP contribution is -2.38. The van der Waals surface area contributed by atoms with Crippen LogP contribution in [0.25, 0.3) is 0 Å². The van der Waals surface area contributed by atoms with Crippen LogP contribution in [0.5, 0.6) is 0 Å². The molecular weight excluding hydrogens is 222 g/mol. The van der Waals surface area contributed by atoms with Crippen LogP contribution in [0, 0.1) is 12.8 Å². The van der Waals surface area contributed by atoms with Crippen molar-refractivity contribution in [1.29, 1.82) is 0 Å². The Kier molecular flexibility index (Phi) is 4.79. The van der Waals surface area contributed by atoms with Crippen molar-refractivity contribution in [1.82, 2.24) is 4.90 Å². The zero-order valence-corrected chi connectivity index (χ0v) is 11.6. The standard InChI is InChI=1S/C16H25NO/c1-13-3-5-15(6-4-13)7-10-17-11-8-16(9-12-17)14(2)18/h3-6,14,16,18H,7-12H2,1-2H3. The van der Waals surface area contributed by atoms with Crippen LogP contribution < -0.4 is 0 Å². The van der Waals surface area contributed by atoms with Gasteiger partial charge in [-0.3, -0.25) is 0 Å². The van der Waals surface area contributed by atoms with Gasteiger partial charge in [0.1, 0.15) is 0 Å². The van der Waals surface area contributed by atoms with Crippen molar-refractivity contribution in [3.63, 3.8) is 0 Å². The minimum atomic E-state index is -0.135. The van der Waals surface area contributed by atoms with Gasteiger partial charge in [0.2, 0.25) is 0 Å². The van der Waals surface area contributed by atoms with Crippen molar-refractivity contribution in [3.8, 4) is 0 Å². The summed E-state index contributed by atoms with van der Waals surface area (Å²) in [5.41, 5.74) is 2.76. The first-order valence-corrected chi connectivity index (χ1v) is 7.11. The highest BCUT2D eigenvalue weighted by Crippen LogP contribution is 2.20. The number of aryl methyl sites for hydroxylation is 1. The highest BCUT2D eigenvalue weighted by atomic mass is 16.3. The SMILES string of the molecule is Cc1ccc(CCN2CCC(C(C)O)CC2)cc1. The maximum atomic E-state index is 9.58. The first-order chi connectivity index (χ1) is 8.65. The van der Waals surface area contributed by atoms with Crippen molar-refractivity contribution in [2.75, 3.05) is 19.6 Å². The number of aliphatic hydroxyl groups excluding tert-OH is 1. The molecule has 0 amide bonds. The van der Waals surface area contributed by atoms with E-state index in [2.05, 4.69) is 36.1 Å². The number of hydrogen-bond donors (Lipinski definition) is 1. The second kappa shape index (κ2) is 6.35. The Labute approximate surface area is 111 Å². The fraction of sp³-hybridized carbons (Fsp3) is 0.625. The molecule has 0 spiro atoms. The molecule has 18 heavy (non-hydrogen) atoms. The number of piperidine rings is 1. The van der Waals surface area contributed by atoms with E-state index in [0.29, 0.717) is 5.92 Å². The Morgan fingerprint density at radius 3 is 2.39 bits per heavy atom. The monoisotopic (exact) mass is 247 g/mol. The predicted molar refractivity (Wildman–Crippen MR) is 75.7 cm³/mol. The third-order valence-electron chi connectivity index (χ3n) is 4.15. The molecule has 1 aliphatic rings. The van der Waals surface area contributed by atoms with Crippen LogP contribution in [0.15, 0.2) is 24.3 Å². The molecule has 0 bridgehead atoms. The summed E-state index contributed by atoms with van der Waals surface area (Å²) in [5.74, 6) is 0.514. The minimum absolute atomic E-state index is 0.135. The lowest BCUT2D eigenvalue weighted by atomic mass is 9.92. The Morgan fingerprint density at radius 1 is 1.22 bits per heavy atom. The Balaban J connectivity index is 1.74. The molecular formula is C16H25NO. The van der Waals surface area contributed by atoms with Crippen LogP contribution in [0.4, 0.5) is 0 Å². The van der Waals surface area contributed by atoms with Crippen molar-refractivity contribution < 1.29 is 5.11 Å². The van der Waals surface area contributed by atoms with Gasteiger partial charge in [0, 0.05) is 6.54 Å². The van der Waals surface area contributed by atoms with E-state index in [1.165, 1.54) is 11.1 Å². The maximum absolute atomic E-state index is 9.58. The van der Waals surface area contributed by atoms with Crippen LogP contribution in [-0.2, 0) is 6.42 Å². The molecule has 1 aromatic carbocycles. The molecule has 1 saturated heterocycles. The van der Waals surface area contributed by atoms with E-state index in [4.69, 9.17) is 0 Å². The summed E-state index contributed by atoms with van der Waals surface area (Å²) < 4.78 is 0. The number of nitrogens with zero attached hydrogens (tertiary/aromatic N) is 1. The lowest BCUT2D eigenvalue weighted by Gasteiger charge is -2.33. The van der Waals surface area contributed by atoms with Gasteiger partial charge in [-0.2, -0.15) is 0 Å². The van der Waals surface area contributed by atoms with Crippen molar-refractivity contribution in [2.45, 2.75) is 39.2 Å². The number of aliphatic hydroxyl groups is 1. The molecule has 2 heteroatoms. The lowest BCUT2D eigenvalue weighted by molar-refractivity contribution is 0.0723. The molecule has 1 fully saturated rings. The third-order valence-corrected chi connectivity index (χ3v) is 4.15. The number of benzene rings is 1. The second-order valence-electron chi connectivity index (χ2n) is 5.66. The molecule has 0 saturated carbocycles. The average molecular weight is 247 g/mol. The molecule has 1 heterocycles. The summed E-state index contributed by atoms with van der Waals surface area (Å²) in [6, 6.07) is 8.85. The van der Waals surface area contributed by atoms with Gasteiger partial charge in [0.15, 0.2) is 0 Å². The van der Waals surface area contributed by atoms with E-state index in [0.717, 1.165) is 38.9 Å². The highest BCUT2D eigenvalue weighted by Gasteiger charge is 2.22. The largest absolute Gasteiger partial charge is 0.393 e. The summed E-state index contributed by atoms with van der Waals surface area (Å²) in [6.07, 6.45) is 3.29. The molecule has 0 aliphatic carbocycles. The van der Waals surface area contributed by atoms with Crippen LogP contribution >= 0.6 is 0 Å². The summed E-state index contributed by atoms with van der Waals surface area (Å²) in [6.45, 7) is 7.48. The van der Waals surface area contributed by atoms with Gasteiger partial charge < -0.3 is 10.0 Å². The molecule has 2 rings (SSSR count). The van der Waals surface area contributed by atoms with Gasteiger partial charge in [-0.1, -0.05) is 29.8 Å². The van der Waals surface area contributed by atoms with Crippen LogP contribution in [0.3, 0.4) is 0 Å². The summed E-state index contributed by atoms with van der Waals surface area (Å²) in [5, 5.41) is 9.58. The Bertz CT molecular complexity index is 350. The fourth-order valence-electron chi connectivity index (χ4n) is 2.70. The van der Waals surface area contributed by atoms with E-state index in [9.17, 15) is 5.11 Å². The van der Waals surface area contributed by atoms with E-state index in [-0.39, 0.29) is 6.10 Å². The summed E-state index contributed by atoms with van der Waals surface area (Å²) in [4.78, 5) is 2.53. The third kappa shape index (κ3) is 3.82. The highest BCUT2D eigenvalue weighted by molar-refractivity contribution is 5.21. The molecule has 0 radical (unpaired) electrons. The summed E-state index contributed by atoms with van der Waals surface area (Å²) >= 11 is 0. The minimum Gasteiger partial charge on any atom is -0.393 e. The van der Waals surface area contributed by atoms with Crippen LogP contribution in [0.2, 0.25) is 0 Å². The Hall–Kier alpha value is -0.860. The molecule has 1 N–H and O–H groups in total. The molecule has 1 atom stereocenters. The van der Waals surface area contributed by atoms with Crippen LogP contribution in [0.1, 0.15) is 30.9 Å². The first kappa shape index (κ1) is 13.6. The normalized spacial score (nSPS) is 19.9. The van der Waals surface area contributed by atoms with E-state index < -0.39 is 0 Å². The van der Waals surface area contributed by atoms with E-state index in [1.54, 1.807) is 0 Å². The van der Waals surface area contributed by atoms with Gasteiger partial charge in [0.25, 0.3) is 0 Å². The van der Waals surface area contributed by atoms with Gasteiger partial charge in [-0.25, -0.2) is 0 Å². The van der Waals surface area contributed by atoms with E-state index in [1.807, 2.05) is 6.92 Å². The molecule has 100 valence electrons. The molecule has 1 aliphatic heterocycles. The van der Waals surface area contributed by atoms with Gasteiger partial charge in [0.05, 0.1) is 6.10 Å². The number of rotatable bonds is 4. The molecule has 0 aromatic heterocycles. The smallest absolute Gasteiger partial charge is 0.0541 e. The maximum Gasteiger partial charge on any atom is 0.0541 e. The quantitative estimate of drug-likeness (QED) is 0.884. The molecule has 2 nitrogen and oxygen atoms in total. The van der Waals surface area contributed by atoms with Gasteiger partial charge in [-0.05, 0) is 57.7 Å². The van der Waals surface area contributed by atoms with Crippen LogP contribution in [-0.4, -0.2) is 35.7 Å². The number of likely N-dealkylation sites (tertiary alicyclic amines) is 1. The zero-order valence-electron chi connectivity index (χ0n) is 11.6. The Morgan fingerprint density at radius 2 is 1.83 bits per heavy atom. The zero-order chi connectivity index (χ0) is 13.0.